The Bertz CT molecular complexity index is 1220. The normalized spacial score (nSPS) is 16.7. The van der Waals surface area contributed by atoms with Crippen LogP contribution in [0.1, 0.15) is 41.7 Å². The van der Waals surface area contributed by atoms with Crippen LogP contribution < -0.4 is 0 Å². The Morgan fingerprint density at radius 1 is 1.39 bits per heavy atom. The Morgan fingerprint density at radius 2 is 2.25 bits per heavy atom. The van der Waals surface area contributed by atoms with Crippen molar-refractivity contribution in [3.8, 4) is 0 Å². The first-order valence-corrected chi connectivity index (χ1v) is 10.2. The Morgan fingerprint density at radius 3 is 3.00 bits per heavy atom. The van der Waals surface area contributed by atoms with Crippen molar-refractivity contribution in [2.45, 2.75) is 46.1 Å². The van der Waals surface area contributed by atoms with Gasteiger partial charge in [-0.2, -0.15) is 5.10 Å². The molecule has 10 heteroatoms. The van der Waals surface area contributed by atoms with Gasteiger partial charge in [0, 0.05) is 4.88 Å². The van der Waals surface area contributed by atoms with Gasteiger partial charge in [-0.15, -0.1) is 16.4 Å². The molecule has 0 saturated carbocycles. The Labute approximate surface area is 164 Å². The minimum Gasteiger partial charge on any atom is -0.258 e. The summed E-state index contributed by atoms with van der Waals surface area (Å²) in [5.41, 5.74) is 2.57. The van der Waals surface area contributed by atoms with Crippen LogP contribution in [-0.2, 0) is 19.4 Å². The molecule has 1 aliphatic rings. The van der Waals surface area contributed by atoms with Crippen LogP contribution in [0.3, 0.4) is 0 Å². The maximum atomic E-state index is 11.0. The fraction of sp³-hybridized carbons (Fsp3) is 0.444. The van der Waals surface area contributed by atoms with Gasteiger partial charge in [0.2, 0.25) is 0 Å². The Hall–Kier alpha value is -2.88. The summed E-state index contributed by atoms with van der Waals surface area (Å²) in [5, 5.41) is 20.9. The molecule has 1 atom stereocenters. The lowest BCUT2D eigenvalue weighted by molar-refractivity contribution is -0.385. The monoisotopic (exact) mass is 397 g/mol. The van der Waals surface area contributed by atoms with Gasteiger partial charge in [0.05, 0.1) is 10.3 Å². The average molecular weight is 397 g/mol. The van der Waals surface area contributed by atoms with Gasteiger partial charge in [0.25, 0.3) is 0 Å². The molecule has 0 amide bonds. The summed E-state index contributed by atoms with van der Waals surface area (Å²) in [6.45, 7) is 4.16. The maximum Gasteiger partial charge on any atom is 0.309 e. The average Bonchev–Trinajstić information content (AvgIpc) is 3.34. The molecular formula is C18H19N7O2S. The largest absolute Gasteiger partial charge is 0.309 e. The fourth-order valence-electron chi connectivity index (χ4n) is 4.01. The SMILES string of the molecule is CCC1CCc2c(sc3ncn4nc(Cn5cc([N+](=O)[O-])c(C)n5)nc4c23)C1. The lowest BCUT2D eigenvalue weighted by atomic mass is 9.86. The number of nitro groups is 1. The zero-order chi connectivity index (χ0) is 19.4. The zero-order valence-corrected chi connectivity index (χ0v) is 16.4. The molecule has 9 nitrogen and oxygen atoms in total. The van der Waals surface area contributed by atoms with Gasteiger partial charge in [-0.25, -0.2) is 14.5 Å². The van der Waals surface area contributed by atoms with Gasteiger partial charge < -0.3 is 0 Å². The molecule has 0 aliphatic heterocycles. The minimum absolute atomic E-state index is 0.00482. The van der Waals surface area contributed by atoms with Crippen molar-refractivity contribution in [1.29, 1.82) is 0 Å². The van der Waals surface area contributed by atoms with Gasteiger partial charge in [-0.1, -0.05) is 13.3 Å². The first-order chi connectivity index (χ1) is 13.5. The molecule has 0 N–H and O–H groups in total. The quantitative estimate of drug-likeness (QED) is 0.386. The van der Waals surface area contributed by atoms with Crippen molar-refractivity contribution < 1.29 is 4.92 Å². The van der Waals surface area contributed by atoms with Gasteiger partial charge in [-0.05, 0) is 37.7 Å². The first-order valence-electron chi connectivity index (χ1n) is 9.36. The van der Waals surface area contributed by atoms with Crippen LogP contribution in [0.15, 0.2) is 12.5 Å². The molecule has 1 unspecified atom stereocenters. The number of aromatic nitrogens is 6. The van der Waals surface area contributed by atoms with E-state index in [0.717, 1.165) is 34.6 Å². The molecule has 4 heterocycles. The van der Waals surface area contributed by atoms with Crippen molar-refractivity contribution >= 4 is 32.9 Å². The summed E-state index contributed by atoms with van der Waals surface area (Å²) >= 11 is 1.77. The van der Waals surface area contributed by atoms with Crippen LogP contribution in [0, 0.1) is 23.0 Å². The molecule has 28 heavy (non-hydrogen) atoms. The van der Waals surface area contributed by atoms with E-state index in [2.05, 4.69) is 22.1 Å². The smallest absolute Gasteiger partial charge is 0.258 e. The third kappa shape index (κ3) is 2.67. The van der Waals surface area contributed by atoms with E-state index in [1.807, 2.05) is 0 Å². The number of aryl methyl sites for hydroxylation is 2. The molecule has 0 saturated heterocycles. The van der Waals surface area contributed by atoms with E-state index in [4.69, 9.17) is 4.98 Å². The van der Waals surface area contributed by atoms with Crippen LogP contribution in [0.4, 0.5) is 5.69 Å². The minimum atomic E-state index is -0.426. The van der Waals surface area contributed by atoms with Crippen molar-refractivity contribution in [2.24, 2.45) is 5.92 Å². The molecule has 144 valence electrons. The molecular weight excluding hydrogens is 378 g/mol. The number of hydrogen-bond donors (Lipinski definition) is 0. The zero-order valence-electron chi connectivity index (χ0n) is 15.6. The van der Waals surface area contributed by atoms with E-state index in [9.17, 15) is 10.1 Å². The molecule has 0 aromatic carbocycles. The van der Waals surface area contributed by atoms with Gasteiger partial charge >= 0.3 is 5.69 Å². The summed E-state index contributed by atoms with van der Waals surface area (Å²) in [6.07, 6.45) is 7.71. The van der Waals surface area contributed by atoms with Crippen LogP contribution in [0.2, 0.25) is 0 Å². The third-order valence-corrected chi connectivity index (χ3v) is 6.69. The highest BCUT2D eigenvalue weighted by Crippen LogP contribution is 2.39. The molecule has 5 rings (SSSR count). The molecule has 1 aliphatic carbocycles. The number of fused-ring (bicyclic) bond motifs is 5. The fourth-order valence-corrected chi connectivity index (χ4v) is 5.31. The predicted molar refractivity (Wildman–Crippen MR) is 105 cm³/mol. The summed E-state index contributed by atoms with van der Waals surface area (Å²) in [4.78, 5) is 22.4. The van der Waals surface area contributed by atoms with E-state index in [-0.39, 0.29) is 12.2 Å². The lowest BCUT2D eigenvalue weighted by Crippen LogP contribution is -2.11. The topological polar surface area (TPSA) is 104 Å². The molecule has 0 spiro atoms. The summed E-state index contributed by atoms with van der Waals surface area (Å²) in [6, 6.07) is 0. The van der Waals surface area contributed by atoms with Crippen molar-refractivity contribution in [3.63, 3.8) is 0 Å². The second-order valence-electron chi connectivity index (χ2n) is 7.30. The van der Waals surface area contributed by atoms with Gasteiger partial charge in [0.1, 0.15) is 29.6 Å². The number of rotatable bonds is 4. The Kier molecular flexibility index (Phi) is 3.90. The highest BCUT2D eigenvalue weighted by atomic mass is 32.1. The van der Waals surface area contributed by atoms with Crippen molar-refractivity contribution in [3.05, 3.63) is 44.6 Å². The van der Waals surface area contributed by atoms with E-state index >= 15 is 0 Å². The van der Waals surface area contributed by atoms with E-state index in [1.54, 1.807) is 29.1 Å². The molecule has 4 aromatic heterocycles. The standard InChI is InChI=1S/C18H19N7O2S/c1-3-11-4-5-12-14(6-11)28-18-16(12)17-20-15(22-24(17)9-19-18)8-23-7-13(25(26)27)10(2)21-23/h7,9,11H,3-6,8H2,1-2H3. The predicted octanol–water partition coefficient (Wildman–Crippen LogP) is 3.32. The molecule has 0 bridgehead atoms. The number of nitrogens with zero attached hydrogens (tertiary/aromatic N) is 7. The van der Waals surface area contributed by atoms with E-state index in [1.165, 1.54) is 34.2 Å². The van der Waals surface area contributed by atoms with Crippen molar-refractivity contribution in [2.75, 3.05) is 0 Å². The Balaban J connectivity index is 1.56. The third-order valence-electron chi connectivity index (χ3n) is 5.53. The molecule has 0 radical (unpaired) electrons. The highest BCUT2D eigenvalue weighted by molar-refractivity contribution is 7.19. The molecule has 4 aromatic rings. The van der Waals surface area contributed by atoms with Crippen molar-refractivity contribution in [1.82, 2.24) is 29.4 Å². The summed E-state index contributed by atoms with van der Waals surface area (Å²) in [5.74, 6) is 1.32. The van der Waals surface area contributed by atoms with Crippen LogP contribution >= 0.6 is 11.3 Å². The maximum absolute atomic E-state index is 11.0. The van der Waals surface area contributed by atoms with Crippen LogP contribution in [0.5, 0.6) is 0 Å². The number of thiophene rings is 1. The van der Waals surface area contributed by atoms with Gasteiger partial charge in [0.15, 0.2) is 11.5 Å². The van der Waals surface area contributed by atoms with Crippen LogP contribution in [-0.4, -0.2) is 34.3 Å². The van der Waals surface area contributed by atoms with E-state index < -0.39 is 4.92 Å². The summed E-state index contributed by atoms with van der Waals surface area (Å²) < 4.78 is 3.23. The van der Waals surface area contributed by atoms with E-state index in [0.29, 0.717) is 11.5 Å². The highest BCUT2D eigenvalue weighted by Gasteiger charge is 2.25. The first kappa shape index (κ1) is 17.2. The number of hydrogen-bond acceptors (Lipinski definition) is 7. The second kappa shape index (κ2) is 6.33. The van der Waals surface area contributed by atoms with Gasteiger partial charge in [-0.3, -0.25) is 14.8 Å². The molecule has 0 fully saturated rings. The lowest BCUT2D eigenvalue weighted by Gasteiger charge is -2.20. The second-order valence-corrected chi connectivity index (χ2v) is 8.38. The summed E-state index contributed by atoms with van der Waals surface area (Å²) in [7, 11) is 0. The van der Waals surface area contributed by atoms with Crippen LogP contribution in [0.25, 0.3) is 15.9 Å².